The summed E-state index contributed by atoms with van der Waals surface area (Å²) in [4.78, 5) is 17.3. The second-order valence-corrected chi connectivity index (χ2v) is 5.73. The molecule has 0 aliphatic heterocycles. The van der Waals surface area contributed by atoms with Crippen molar-refractivity contribution in [1.82, 2.24) is 4.98 Å². The molecule has 0 unspecified atom stereocenters. The summed E-state index contributed by atoms with van der Waals surface area (Å²) in [6.45, 7) is 1.94. The maximum Gasteiger partial charge on any atom is 0.230 e. The van der Waals surface area contributed by atoms with Crippen molar-refractivity contribution in [2.75, 3.05) is 26.6 Å². The van der Waals surface area contributed by atoms with Gasteiger partial charge in [-0.2, -0.15) is 0 Å². The SMILES string of the molecule is COc1ccc(CC(=O)Nc2ncc(C)s2)c(OC)c1OC. The summed E-state index contributed by atoms with van der Waals surface area (Å²) in [7, 11) is 4.61. The predicted molar refractivity (Wildman–Crippen MR) is 85.3 cm³/mol. The van der Waals surface area contributed by atoms with Crippen LogP contribution in [0.5, 0.6) is 17.2 Å². The minimum atomic E-state index is -0.167. The van der Waals surface area contributed by atoms with E-state index in [-0.39, 0.29) is 12.3 Å². The lowest BCUT2D eigenvalue weighted by Crippen LogP contribution is -2.15. The predicted octanol–water partition coefficient (Wildman–Crippen LogP) is 2.66. The second kappa shape index (κ2) is 7.13. The lowest BCUT2D eigenvalue weighted by Gasteiger charge is -2.15. The molecule has 0 bridgehead atoms. The molecule has 0 saturated carbocycles. The first-order valence-corrected chi connectivity index (χ1v) is 7.40. The van der Waals surface area contributed by atoms with Crippen molar-refractivity contribution in [2.24, 2.45) is 0 Å². The minimum Gasteiger partial charge on any atom is -0.493 e. The number of anilines is 1. The monoisotopic (exact) mass is 322 g/mol. The molecule has 1 aromatic heterocycles. The van der Waals surface area contributed by atoms with E-state index in [0.29, 0.717) is 27.9 Å². The molecule has 118 valence electrons. The molecule has 0 fully saturated rings. The van der Waals surface area contributed by atoms with Crippen molar-refractivity contribution in [3.63, 3.8) is 0 Å². The number of methoxy groups -OCH3 is 3. The maximum atomic E-state index is 12.1. The molecule has 0 saturated heterocycles. The van der Waals surface area contributed by atoms with Crippen LogP contribution in [0.25, 0.3) is 0 Å². The smallest absolute Gasteiger partial charge is 0.230 e. The lowest BCUT2D eigenvalue weighted by molar-refractivity contribution is -0.115. The van der Waals surface area contributed by atoms with E-state index in [0.717, 1.165) is 4.88 Å². The van der Waals surface area contributed by atoms with Crippen LogP contribution in [0, 0.1) is 6.92 Å². The number of ether oxygens (including phenoxy) is 3. The van der Waals surface area contributed by atoms with Crippen LogP contribution >= 0.6 is 11.3 Å². The zero-order valence-corrected chi connectivity index (χ0v) is 13.7. The van der Waals surface area contributed by atoms with Crippen molar-refractivity contribution in [3.05, 3.63) is 28.8 Å². The Hall–Kier alpha value is -2.28. The number of hydrogen-bond donors (Lipinski definition) is 1. The Morgan fingerprint density at radius 1 is 1.18 bits per heavy atom. The normalized spacial score (nSPS) is 10.2. The fourth-order valence-electron chi connectivity index (χ4n) is 2.05. The number of aromatic nitrogens is 1. The van der Waals surface area contributed by atoms with Crippen molar-refractivity contribution < 1.29 is 19.0 Å². The molecule has 7 heteroatoms. The van der Waals surface area contributed by atoms with Crippen LogP contribution in [0.2, 0.25) is 0 Å². The highest BCUT2D eigenvalue weighted by molar-refractivity contribution is 7.15. The van der Waals surface area contributed by atoms with Gasteiger partial charge in [-0.15, -0.1) is 11.3 Å². The van der Waals surface area contributed by atoms with Crippen molar-refractivity contribution in [1.29, 1.82) is 0 Å². The quantitative estimate of drug-likeness (QED) is 0.885. The van der Waals surface area contributed by atoms with Gasteiger partial charge in [0.15, 0.2) is 16.6 Å². The fourth-order valence-corrected chi connectivity index (χ4v) is 2.73. The molecular formula is C15H18N2O4S. The van der Waals surface area contributed by atoms with Gasteiger partial charge in [0.2, 0.25) is 11.7 Å². The highest BCUT2D eigenvalue weighted by Gasteiger charge is 2.18. The van der Waals surface area contributed by atoms with Crippen molar-refractivity contribution in [3.8, 4) is 17.2 Å². The molecule has 0 radical (unpaired) electrons. The Kier molecular flexibility index (Phi) is 5.21. The highest BCUT2D eigenvalue weighted by Crippen LogP contribution is 2.39. The fraction of sp³-hybridized carbons (Fsp3) is 0.333. The van der Waals surface area contributed by atoms with Gasteiger partial charge in [-0.1, -0.05) is 6.07 Å². The number of aryl methyl sites for hydroxylation is 1. The summed E-state index contributed by atoms with van der Waals surface area (Å²) in [5.41, 5.74) is 0.714. The average Bonchev–Trinajstić information content (AvgIpc) is 2.91. The Balaban J connectivity index is 2.19. The number of nitrogens with zero attached hydrogens (tertiary/aromatic N) is 1. The number of amides is 1. The molecule has 6 nitrogen and oxygen atoms in total. The largest absolute Gasteiger partial charge is 0.493 e. The molecule has 0 atom stereocenters. The van der Waals surface area contributed by atoms with E-state index in [4.69, 9.17) is 14.2 Å². The molecule has 0 spiro atoms. The molecule has 1 N–H and O–H groups in total. The maximum absolute atomic E-state index is 12.1. The first-order valence-electron chi connectivity index (χ1n) is 6.59. The van der Waals surface area contributed by atoms with E-state index >= 15 is 0 Å². The van der Waals surface area contributed by atoms with Crippen LogP contribution in [0.15, 0.2) is 18.3 Å². The molecule has 2 aromatic rings. The number of benzene rings is 1. The van der Waals surface area contributed by atoms with Gasteiger partial charge in [-0.05, 0) is 13.0 Å². The second-order valence-electron chi connectivity index (χ2n) is 4.49. The van der Waals surface area contributed by atoms with Crippen molar-refractivity contribution in [2.45, 2.75) is 13.3 Å². The van der Waals surface area contributed by atoms with E-state index in [1.165, 1.54) is 25.6 Å². The molecule has 22 heavy (non-hydrogen) atoms. The lowest BCUT2D eigenvalue weighted by atomic mass is 10.1. The highest BCUT2D eigenvalue weighted by atomic mass is 32.1. The van der Waals surface area contributed by atoms with E-state index in [2.05, 4.69) is 10.3 Å². The Morgan fingerprint density at radius 2 is 1.91 bits per heavy atom. The van der Waals surface area contributed by atoms with E-state index < -0.39 is 0 Å². The van der Waals surface area contributed by atoms with Crippen molar-refractivity contribution >= 4 is 22.4 Å². The van der Waals surface area contributed by atoms with Gasteiger partial charge in [0.1, 0.15) is 0 Å². The number of carbonyl (C=O) groups is 1. The van der Waals surface area contributed by atoms with Crippen LogP contribution < -0.4 is 19.5 Å². The summed E-state index contributed by atoms with van der Waals surface area (Å²) in [6, 6.07) is 3.53. The third-order valence-electron chi connectivity index (χ3n) is 3.00. The van der Waals surface area contributed by atoms with E-state index in [1.807, 2.05) is 6.92 Å². The number of nitrogens with one attached hydrogen (secondary N) is 1. The van der Waals surface area contributed by atoms with Gasteiger partial charge < -0.3 is 19.5 Å². The Labute approximate surface area is 133 Å². The van der Waals surface area contributed by atoms with Crippen LogP contribution in [-0.2, 0) is 11.2 Å². The summed E-state index contributed by atoms with van der Waals surface area (Å²) in [5, 5.41) is 3.35. The van der Waals surface area contributed by atoms with Gasteiger partial charge in [0.05, 0.1) is 27.8 Å². The molecule has 2 rings (SSSR count). The molecule has 1 amide bonds. The summed E-state index contributed by atoms with van der Waals surface area (Å²) in [6.07, 6.45) is 1.87. The van der Waals surface area contributed by atoms with Crippen LogP contribution in [0.1, 0.15) is 10.4 Å². The molecule has 1 aromatic carbocycles. The first kappa shape index (κ1) is 16.1. The van der Waals surface area contributed by atoms with E-state index in [1.54, 1.807) is 25.4 Å². The number of rotatable bonds is 6. The number of thiazole rings is 1. The van der Waals surface area contributed by atoms with Gasteiger partial charge in [0.25, 0.3) is 0 Å². The number of carbonyl (C=O) groups excluding carboxylic acids is 1. The summed E-state index contributed by atoms with van der Waals surface area (Å²) < 4.78 is 15.9. The molecular weight excluding hydrogens is 304 g/mol. The topological polar surface area (TPSA) is 69.7 Å². The third kappa shape index (κ3) is 3.48. The molecule has 1 heterocycles. The van der Waals surface area contributed by atoms with E-state index in [9.17, 15) is 4.79 Å². The van der Waals surface area contributed by atoms with Gasteiger partial charge in [-0.3, -0.25) is 4.79 Å². The van der Waals surface area contributed by atoms with Crippen LogP contribution in [0.3, 0.4) is 0 Å². The van der Waals surface area contributed by atoms with Gasteiger partial charge in [0, 0.05) is 16.6 Å². The van der Waals surface area contributed by atoms with Crippen LogP contribution in [-0.4, -0.2) is 32.2 Å². The number of hydrogen-bond acceptors (Lipinski definition) is 6. The molecule has 0 aliphatic rings. The first-order chi connectivity index (χ1) is 10.6. The average molecular weight is 322 g/mol. The van der Waals surface area contributed by atoms with Gasteiger partial charge >= 0.3 is 0 Å². The minimum absolute atomic E-state index is 0.155. The van der Waals surface area contributed by atoms with Crippen LogP contribution in [0.4, 0.5) is 5.13 Å². The summed E-state index contributed by atoms with van der Waals surface area (Å²) in [5.74, 6) is 1.35. The zero-order valence-electron chi connectivity index (χ0n) is 12.9. The van der Waals surface area contributed by atoms with Gasteiger partial charge in [-0.25, -0.2) is 4.98 Å². The Bertz CT molecular complexity index is 670. The molecule has 0 aliphatic carbocycles. The zero-order chi connectivity index (χ0) is 16.1. The third-order valence-corrected chi connectivity index (χ3v) is 3.83. The Morgan fingerprint density at radius 3 is 2.45 bits per heavy atom. The standard InChI is InChI=1S/C15H18N2O4S/c1-9-8-16-15(22-9)17-12(18)7-10-5-6-11(19-2)14(21-4)13(10)20-3/h5-6,8H,7H2,1-4H3,(H,16,17,18). The summed E-state index contributed by atoms with van der Waals surface area (Å²) >= 11 is 1.43.